The highest BCUT2D eigenvalue weighted by Gasteiger charge is 2.20. The molecule has 0 aliphatic carbocycles. The van der Waals surface area contributed by atoms with Crippen molar-refractivity contribution in [3.05, 3.63) is 53.6 Å². The van der Waals surface area contributed by atoms with Gasteiger partial charge in [-0.15, -0.1) is 12.4 Å². The van der Waals surface area contributed by atoms with E-state index < -0.39 is 0 Å². The Labute approximate surface area is 143 Å². The molecule has 0 fully saturated rings. The molecule has 0 radical (unpaired) electrons. The lowest BCUT2D eigenvalue weighted by molar-refractivity contribution is 0.252. The Kier molecular flexibility index (Phi) is 6.13. The number of halogens is 1. The van der Waals surface area contributed by atoms with Crippen molar-refractivity contribution in [1.29, 1.82) is 0 Å². The Morgan fingerprint density at radius 2 is 1.96 bits per heavy atom. The summed E-state index contributed by atoms with van der Waals surface area (Å²) in [6.07, 6.45) is 0.968. The third kappa shape index (κ3) is 3.89. The van der Waals surface area contributed by atoms with Crippen molar-refractivity contribution in [1.82, 2.24) is 5.32 Å². The van der Waals surface area contributed by atoms with E-state index in [2.05, 4.69) is 17.4 Å². The number of fused-ring (bicyclic) bond motifs is 1. The van der Waals surface area contributed by atoms with Crippen LogP contribution in [0, 0.1) is 0 Å². The van der Waals surface area contributed by atoms with Gasteiger partial charge in [0.05, 0.1) is 20.8 Å². The van der Waals surface area contributed by atoms with Crippen molar-refractivity contribution < 1.29 is 14.2 Å². The highest BCUT2D eigenvalue weighted by atomic mass is 35.5. The first-order valence-electron chi connectivity index (χ1n) is 7.48. The lowest BCUT2D eigenvalue weighted by Gasteiger charge is -2.27. The second-order valence-electron chi connectivity index (χ2n) is 5.29. The van der Waals surface area contributed by atoms with Gasteiger partial charge in [-0.1, -0.05) is 24.3 Å². The van der Waals surface area contributed by atoms with Crippen LogP contribution in [0.3, 0.4) is 0 Å². The summed E-state index contributed by atoms with van der Waals surface area (Å²) >= 11 is 0. The molecule has 1 atom stereocenters. The zero-order valence-corrected chi connectivity index (χ0v) is 14.2. The van der Waals surface area contributed by atoms with Gasteiger partial charge in [0.15, 0.2) is 0 Å². The molecular formula is C18H22ClNO3. The van der Waals surface area contributed by atoms with Crippen molar-refractivity contribution >= 4 is 12.4 Å². The van der Waals surface area contributed by atoms with Gasteiger partial charge in [-0.3, -0.25) is 0 Å². The molecule has 1 heterocycles. The minimum Gasteiger partial charge on any atom is -0.497 e. The van der Waals surface area contributed by atoms with E-state index in [9.17, 15) is 0 Å². The number of hydrogen-bond acceptors (Lipinski definition) is 4. The minimum atomic E-state index is 0. The number of benzene rings is 2. The van der Waals surface area contributed by atoms with E-state index in [0.29, 0.717) is 6.04 Å². The molecule has 0 saturated carbocycles. The second-order valence-corrected chi connectivity index (χ2v) is 5.29. The number of ether oxygens (including phenoxy) is 3. The van der Waals surface area contributed by atoms with E-state index in [0.717, 1.165) is 42.4 Å². The molecule has 0 amide bonds. The summed E-state index contributed by atoms with van der Waals surface area (Å²) in [4.78, 5) is 0. The van der Waals surface area contributed by atoms with Crippen molar-refractivity contribution in [2.45, 2.75) is 19.0 Å². The number of rotatable bonds is 5. The molecule has 0 spiro atoms. The van der Waals surface area contributed by atoms with Gasteiger partial charge < -0.3 is 19.5 Å². The monoisotopic (exact) mass is 335 g/mol. The van der Waals surface area contributed by atoms with Gasteiger partial charge in [0.1, 0.15) is 17.2 Å². The number of methoxy groups -OCH3 is 2. The first kappa shape index (κ1) is 17.4. The molecule has 0 saturated heterocycles. The Balaban J connectivity index is 0.00000192. The average Bonchev–Trinajstić information content (AvgIpc) is 2.59. The quantitative estimate of drug-likeness (QED) is 0.903. The van der Waals surface area contributed by atoms with Crippen LogP contribution in [0.2, 0.25) is 0 Å². The van der Waals surface area contributed by atoms with Crippen LogP contribution < -0.4 is 19.5 Å². The number of nitrogens with one attached hydrogen (secondary N) is 1. The molecule has 2 aromatic rings. The fourth-order valence-electron chi connectivity index (χ4n) is 2.79. The first-order valence-corrected chi connectivity index (χ1v) is 7.48. The Bertz CT molecular complexity index is 648. The Morgan fingerprint density at radius 1 is 1.13 bits per heavy atom. The van der Waals surface area contributed by atoms with Crippen LogP contribution in [0.4, 0.5) is 0 Å². The highest BCUT2D eigenvalue weighted by Crippen LogP contribution is 2.32. The van der Waals surface area contributed by atoms with Gasteiger partial charge in [0.25, 0.3) is 0 Å². The lowest BCUT2D eigenvalue weighted by atomic mass is 10.0. The van der Waals surface area contributed by atoms with E-state index in [1.807, 2.05) is 30.3 Å². The van der Waals surface area contributed by atoms with Crippen molar-refractivity contribution in [2.24, 2.45) is 0 Å². The molecule has 1 unspecified atom stereocenters. The first-order chi connectivity index (χ1) is 10.8. The molecule has 1 N–H and O–H groups in total. The fraction of sp³-hybridized carbons (Fsp3) is 0.333. The summed E-state index contributed by atoms with van der Waals surface area (Å²) in [5, 5.41) is 3.61. The van der Waals surface area contributed by atoms with Gasteiger partial charge in [-0.25, -0.2) is 0 Å². The van der Waals surface area contributed by atoms with Crippen molar-refractivity contribution in [3.8, 4) is 17.2 Å². The highest BCUT2D eigenvalue weighted by molar-refractivity contribution is 5.85. The van der Waals surface area contributed by atoms with Crippen LogP contribution in [0.25, 0.3) is 0 Å². The standard InChI is InChI=1S/C18H21NO3.ClH/c1-20-14-8-7-13(18(11-14)21-2)12-19-16-9-10-22-17-6-4-3-5-15(16)17;/h3-8,11,16,19H,9-10,12H2,1-2H3;1H. The summed E-state index contributed by atoms with van der Waals surface area (Å²) < 4.78 is 16.4. The van der Waals surface area contributed by atoms with Gasteiger partial charge in [-0.2, -0.15) is 0 Å². The maximum absolute atomic E-state index is 5.70. The molecule has 4 nitrogen and oxygen atoms in total. The van der Waals surface area contributed by atoms with Gasteiger partial charge >= 0.3 is 0 Å². The SMILES string of the molecule is COc1ccc(CNC2CCOc3ccccc32)c(OC)c1.Cl. The molecule has 0 aromatic heterocycles. The zero-order chi connectivity index (χ0) is 15.4. The summed E-state index contributed by atoms with van der Waals surface area (Å²) in [7, 11) is 3.34. The molecule has 1 aliphatic heterocycles. The van der Waals surface area contributed by atoms with Crippen LogP contribution in [0.5, 0.6) is 17.2 Å². The normalized spacial score (nSPS) is 15.8. The van der Waals surface area contributed by atoms with Crippen LogP contribution in [-0.2, 0) is 6.54 Å². The van der Waals surface area contributed by atoms with E-state index >= 15 is 0 Å². The van der Waals surface area contributed by atoms with Gasteiger partial charge in [0, 0.05) is 36.2 Å². The van der Waals surface area contributed by atoms with Gasteiger partial charge in [-0.05, 0) is 12.1 Å². The number of para-hydroxylation sites is 1. The maximum atomic E-state index is 5.70. The van der Waals surface area contributed by atoms with Crippen LogP contribution in [0.1, 0.15) is 23.6 Å². The summed E-state index contributed by atoms with van der Waals surface area (Å²) in [5.74, 6) is 2.62. The Hall–Kier alpha value is -1.91. The predicted octanol–water partition coefficient (Wildman–Crippen LogP) is 3.74. The molecule has 3 rings (SSSR count). The van der Waals surface area contributed by atoms with Crippen molar-refractivity contribution in [2.75, 3.05) is 20.8 Å². The average molecular weight is 336 g/mol. The van der Waals surface area contributed by atoms with Crippen LogP contribution in [-0.4, -0.2) is 20.8 Å². The maximum Gasteiger partial charge on any atom is 0.127 e. The smallest absolute Gasteiger partial charge is 0.127 e. The molecule has 0 bridgehead atoms. The third-order valence-electron chi connectivity index (χ3n) is 3.99. The van der Waals surface area contributed by atoms with E-state index in [4.69, 9.17) is 14.2 Å². The lowest BCUT2D eigenvalue weighted by Crippen LogP contribution is -2.26. The summed E-state index contributed by atoms with van der Waals surface area (Å²) in [6.45, 7) is 1.49. The second kappa shape index (κ2) is 8.09. The van der Waals surface area contributed by atoms with Gasteiger partial charge in [0.2, 0.25) is 0 Å². The molecule has 2 aromatic carbocycles. The predicted molar refractivity (Wildman–Crippen MR) is 92.9 cm³/mol. The van der Waals surface area contributed by atoms with Crippen molar-refractivity contribution in [3.63, 3.8) is 0 Å². The fourth-order valence-corrected chi connectivity index (χ4v) is 2.79. The number of hydrogen-bond donors (Lipinski definition) is 1. The van der Waals surface area contributed by atoms with E-state index in [1.54, 1.807) is 14.2 Å². The van der Waals surface area contributed by atoms with Crippen LogP contribution in [0.15, 0.2) is 42.5 Å². The minimum absolute atomic E-state index is 0. The largest absolute Gasteiger partial charge is 0.497 e. The molecule has 124 valence electrons. The topological polar surface area (TPSA) is 39.7 Å². The zero-order valence-electron chi connectivity index (χ0n) is 13.4. The van der Waals surface area contributed by atoms with E-state index in [1.165, 1.54) is 5.56 Å². The Morgan fingerprint density at radius 3 is 2.74 bits per heavy atom. The van der Waals surface area contributed by atoms with Crippen LogP contribution >= 0.6 is 12.4 Å². The summed E-state index contributed by atoms with van der Waals surface area (Å²) in [5.41, 5.74) is 2.34. The molecule has 1 aliphatic rings. The molecular weight excluding hydrogens is 314 g/mol. The molecule has 5 heteroatoms. The van der Waals surface area contributed by atoms with E-state index in [-0.39, 0.29) is 12.4 Å². The summed E-state index contributed by atoms with van der Waals surface area (Å²) in [6, 6.07) is 14.4. The molecule has 23 heavy (non-hydrogen) atoms. The third-order valence-corrected chi connectivity index (χ3v) is 3.99.